The molecular formula is C28H35ClO9. The average Bonchev–Trinajstić information content (AvgIpc) is 3.11. The highest BCUT2D eigenvalue weighted by atomic mass is 35.5. The Kier molecular flexibility index (Phi) is 12.9. The molecule has 0 heterocycles. The predicted octanol–water partition coefficient (Wildman–Crippen LogP) is 4.91. The maximum Gasteiger partial charge on any atom is 0.303 e. The molecule has 0 radical (unpaired) electrons. The Bertz CT molecular complexity index is 1020. The van der Waals surface area contributed by atoms with Crippen molar-refractivity contribution in [3.8, 4) is 5.75 Å². The highest BCUT2D eigenvalue weighted by Gasteiger charge is 2.45. The van der Waals surface area contributed by atoms with E-state index in [0.29, 0.717) is 36.5 Å². The molecule has 1 aromatic carbocycles. The van der Waals surface area contributed by atoms with Crippen LogP contribution in [0.15, 0.2) is 48.6 Å². The van der Waals surface area contributed by atoms with E-state index in [0.717, 1.165) is 0 Å². The number of carboxylic acids is 1. The Morgan fingerprint density at radius 3 is 2.39 bits per heavy atom. The van der Waals surface area contributed by atoms with Crippen LogP contribution >= 0.6 is 11.6 Å². The van der Waals surface area contributed by atoms with Gasteiger partial charge in [0, 0.05) is 50.5 Å². The molecular weight excluding hydrogens is 516 g/mol. The lowest BCUT2D eigenvalue weighted by Crippen LogP contribution is -2.26. The van der Waals surface area contributed by atoms with Gasteiger partial charge in [0.2, 0.25) is 0 Å². The van der Waals surface area contributed by atoms with Gasteiger partial charge < -0.3 is 24.1 Å². The third-order valence-electron chi connectivity index (χ3n) is 5.91. The van der Waals surface area contributed by atoms with E-state index in [9.17, 15) is 19.2 Å². The summed E-state index contributed by atoms with van der Waals surface area (Å²) in [6, 6.07) is 6.84. The summed E-state index contributed by atoms with van der Waals surface area (Å²) in [5, 5.41) is 9.31. The lowest BCUT2D eigenvalue weighted by molar-refractivity contribution is -0.149. The summed E-state index contributed by atoms with van der Waals surface area (Å²) in [6.07, 6.45) is 7.57. The van der Waals surface area contributed by atoms with Crippen molar-refractivity contribution in [3.05, 3.63) is 53.6 Å². The molecule has 0 aromatic heterocycles. The largest absolute Gasteiger partial charge is 0.489 e. The predicted molar refractivity (Wildman–Crippen MR) is 140 cm³/mol. The molecule has 0 unspecified atom stereocenters. The van der Waals surface area contributed by atoms with Crippen molar-refractivity contribution in [2.75, 3.05) is 6.61 Å². The second kappa shape index (κ2) is 15.8. The van der Waals surface area contributed by atoms with Crippen LogP contribution in [0.5, 0.6) is 5.75 Å². The third kappa shape index (κ3) is 11.4. The molecule has 38 heavy (non-hydrogen) atoms. The Balaban J connectivity index is 2.22. The lowest BCUT2D eigenvalue weighted by Gasteiger charge is -2.23. The van der Waals surface area contributed by atoms with Gasteiger partial charge in [0.05, 0.1) is 0 Å². The summed E-state index contributed by atoms with van der Waals surface area (Å²) in [5.74, 6) is -2.28. The zero-order chi connectivity index (χ0) is 28.1. The molecule has 0 spiro atoms. The fourth-order valence-corrected chi connectivity index (χ4v) is 4.60. The molecule has 5 atom stereocenters. The van der Waals surface area contributed by atoms with E-state index in [1.165, 1.54) is 20.8 Å². The molecule has 0 saturated heterocycles. The molecule has 1 fully saturated rings. The zero-order valence-electron chi connectivity index (χ0n) is 21.8. The monoisotopic (exact) mass is 550 g/mol. The molecule has 1 aromatic rings. The first-order valence-electron chi connectivity index (χ1n) is 12.5. The first-order chi connectivity index (χ1) is 18.0. The van der Waals surface area contributed by atoms with Gasteiger partial charge in [-0.3, -0.25) is 19.2 Å². The molecule has 1 aliphatic carbocycles. The van der Waals surface area contributed by atoms with E-state index in [4.69, 9.17) is 35.7 Å². The van der Waals surface area contributed by atoms with Crippen molar-refractivity contribution in [1.29, 1.82) is 0 Å². The average molecular weight is 551 g/mol. The van der Waals surface area contributed by atoms with Gasteiger partial charge in [0.25, 0.3) is 0 Å². The highest BCUT2D eigenvalue weighted by Crippen LogP contribution is 2.40. The van der Waals surface area contributed by atoms with Gasteiger partial charge in [-0.15, -0.1) is 0 Å². The number of aliphatic carboxylic acids is 1. The second-order valence-electron chi connectivity index (χ2n) is 9.07. The van der Waals surface area contributed by atoms with Gasteiger partial charge in [-0.25, -0.2) is 0 Å². The molecule has 1 saturated carbocycles. The van der Waals surface area contributed by atoms with E-state index in [1.54, 1.807) is 30.3 Å². The second-order valence-corrected chi connectivity index (χ2v) is 9.50. The number of halogens is 1. The summed E-state index contributed by atoms with van der Waals surface area (Å²) < 4.78 is 22.3. The number of allylic oxidation sites excluding steroid dienone is 2. The minimum absolute atomic E-state index is 0.0307. The van der Waals surface area contributed by atoms with E-state index >= 15 is 0 Å². The molecule has 9 nitrogen and oxygen atoms in total. The lowest BCUT2D eigenvalue weighted by atomic mass is 9.89. The molecule has 208 valence electrons. The van der Waals surface area contributed by atoms with Gasteiger partial charge in [-0.05, 0) is 43.5 Å². The van der Waals surface area contributed by atoms with Gasteiger partial charge in [0.15, 0.2) is 6.10 Å². The van der Waals surface area contributed by atoms with E-state index in [-0.39, 0.29) is 24.9 Å². The first-order valence-corrected chi connectivity index (χ1v) is 12.9. The minimum Gasteiger partial charge on any atom is -0.489 e. The van der Waals surface area contributed by atoms with Gasteiger partial charge in [0.1, 0.15) is 24.6 Å². The maximum atomic E-state index is 11.8. The summed E-state index contributed by atoms with van der Waals surface area (Å²) in [5.41, 5.74) is 0. The fourth-order valence-electron chi connectivity index (χ4n) is 4.42. The quantitative estimate of drug-likeness (QED) is 0.149. The number of carbonyl (C=O) groups excluding carboxylic acids is 3. The Hall–Kier alpha value is -3.33. The Morgan fingerprint density at radius 1 is 1.05 bits per heavy atom. The van der Waals surface area contributed by atoms with Crippen LogP contribution in [0.4, 0.5) is 0 Å². The molecule has 1 N–H and O–H groups in total. The number of ether oxygens (including phenoxy) is 4. The van der Waals surface area contributed by atoms with Crippen LogP contribution in [0.3, 0.4) is 0 Å². The standard InChI is InChI=1S/C28H35ClO9/c1-18(30)36-23(17-35-22-10-8-9-21(29)15-22)13-14-25-24(11-6-4-5-7-12-28(33)34)26(37-19(2)31)16-27(25)38-20(3)32/h4,6,8-10,13-15,23-27H,5,7,11-12,16-17H2,1-3H3,(H,33,34)/b6-4-,14-13+/t23-,24-,25-,26+,27-/m1/s1. The van der Waals surface area contributed by atoms with E-state index < -0.39 is 42.2 Å². The number of benzene rings is 1. The van der Waals surface area contributed by atoms with Crippen LogP contribution in [-0.4, -0.2) is 53.9 Å². The van der Waals surface area contributed by atoms with Gasteiger partial charge >= 0.3 is 23.9 Å². The fraction of sp³-hybridized carbons (Fsp3) is 0.500. The summed E-state index contributed by atoms with van der Waals surface area (Å²) >= 11 is 6.01. The molecule has 10 heteroatoms. The number of hydrogen-bond donors (Lipinski definition) is 1. The number of carboxylic acid groups (broad SMARTS) is 1. The van der Waals surface area contributed by atoms with Crippen LogP contribution in [0.2, 0.25) is 5.02 Å². The van der Waals surface area contributed by atoms with Crippen molar-refractivity contribution < 1.29 is 43.2 Å². The first kappa shape index (κ1) is 30.9. The smallest absolute Gasteiger partial charge is 0.303 e. The Morgan fingerprint density at radius 2 is 1.76 bits per heavy atom. The van der Waals surface area contributed by atoms with Gasteiger partial charge in [-0.1, -0.05) is 35.9 Å². The number of rotatable bonds is 14. The number of unbranched alkanes of at least 4 members (excludes halogenated alkanes) is 1. The highest BCUT2D eigenvalue weighted by molar-refractivity contribution is 6.30. The number of carbonyl (C=O) groups is 4. The maximum absolute atomic E-state index is 11.8. The SMILES string of the molecule is CC(=O)O[C@H](/C=C/[C@@H]1[C@@H](C/C=C\CCCC(=O)O)[C@@H](OC(C)=O)C[C@H]1OC(C)=O)COc1cccc(Cl)c1. The zero-order valence-corrected chi connectivity index (χ0v) is 22.6. The third-order valence-corrected chi connectivity index (χ3v) is 6.15. The van der Waals surface area contributed by atoms with Crippen LogP contribution in [0.25, 0.3) is 0 Å². The number of esters is 3. The van der Waals surface area contributed by atoms with Crippen molar-refractivity contribution >= 4 is 35.5 Å². The van der Waals surface area contributed by atoms with E-state index in [1.807, 2.05) is 18.2 Å². The Labute approximate surface area is 227 Å². The number of hydrogen-bond acceptors (Lipinski definition) is 8. The summed E-state index contributed by atoms with van der Waals surface area (Å²) in [4.78, 5) is 46.1. The van der Waals surface area contributed by atoms with Gasteiger partial charge in [-0.2, -0.15) is 0 Å². The van der Waals surface area contributed by atoms with Crippen molar-refractivity contribution in [3.63, 3.8) is 0 Å². The molecule has 0 bridgehead atoms. The minimum atomic E-state index is -0.847. The van der Waals surface area contributed by atoms with Crippen molar-refractivity contribution in [2.45, 2.75) is 71.2 Å². The van der Waals surface area contributed by atoms with Crippen molar-refractivity contribution in [2.24, 2.45) is 11.8 Å². The normalized spacial score (nSPS) is 21.8. The molecule has 1 aliphatic rings. The van der Waals surface area contributed by atoms with Crippen LogP contribution in [-0.2, 0) is 33.4 Å². The molecule has 2 rings (SSSR count). The van der Waals surface area contributed by atoms with Crippen LogP contribution < -0.4 is 4.74 Å². The topological polar surface area (TPSA) is 125 Å². The van der Waals surface area contributed by atoms with Crippen LogP contribution in [0, 0.1) is 11.8 Å². The molecule has 0 amide bonds. The van der Waals surface area contributed by atoms with Crippen molar-refractivity contribution in [1.82, 2.24) is 0 Å². The van der Waals surface area contributed by atoms with Crippen LogP contribution in [0.1, 0.15) is 52.9 Å². The summed E-state index contributed by atoms with van der Waals surface area (Å²) in [6.45, 7) is 3.97. The summed E-state index contributed by atoms with van der Waals surface area (Å²) in [7, 11) is 0. The van der Waals surface area contributed by atoms with E-state index in [2.05, 4.69) is 0 Å². The molecule has 0 aliphatic heterocycles.